The minimum Gasteiger partial charge on any atom is -0.477 e. The van der Waals surface area contributed by atoms with Crippen molar-refractivity contribution in [3.05, 3.63) is 48.4 Å². The third-order valence-corrected chi connectivity index (χ3v) is 6.07. The lowest BCUT2D eigenvalue weighted by Gasteiger charge is -2.36. The quantitative estimate of drug-likeness (QED) is 0.641. The molecule has 1 saturated heterocycles. The van der Waals surface area contributed by atoms with Crippen molar-refractivity contribution in [3.8, 4) is 11.3 Å². The SMILES string of the molecule is C1CCC(N2CCOCC2)CC1.Nc1ncnc2ccc(-c3cccc(C(=O)O)n3)cc12. The number of nitrogens with zero attached hydrogens (tertiary/aromatic N) is 4. The van der Waals surface area contributed by atoms with Crippen LogP contribution in [0.5, 0.6) is 0 Å². The third-order valence-electron chi connectivity index (χ3n) is 6.07. The van der Waals surface area contributed by atoms with Crippen LogP contribution >= 0.6 is 0 Å². The van der Waals surface area contributed by atoms with Gasteiger partial charge in [-0.2, -0.15) is 0 Å². The van der Waals surface area contributed by atoms with Crippen molar-refractivity contribution in [2.75, 3.05) is 32.0 Å². The summed E-state index contributed by atoms with van der Waals surface area (Å²) in [7, 11) is 0. The molecule has 1 aromatic carbocycles. The van der Waals surface area contributed by atoms with Crippen LogP contribution < -0.4 is 5.73 Å². The molecular weight excluding hydrogens is 406 g/mol. The first-order valence-electron chi connectivity index (χ1n) is 11.1. The molecule has 1 saturated carbocycles. The number of carboxylic acid groups (broad SMARTS) is 1. The highest BCUT2D eigenvalue weighted by atomic mass is 16.5. The molecule has 168 valence electrons. The predicted molar refractivity (Wildman–Crippen MR) is 123 cm³/mol. The highest BCUT2D eigenvalue weighted by Crippen LogP contribution is 2.25. The van der Waals surface area contributed by atoms with Gasteiger partial charge in [0.2, 0.25) is 0 Å². The molecule has 3 N–H and O–H groups in total. The number of hydrogen-bond acceptors (Lipinski definition) is 7. The number of aromatic carboxylic acids is 1. The summed E-state index contributed by atoms with van der Waals surface area (Å²) in [6, 6.07) is 11.2. The fourth-order valence-corrected chi connectivity index (χ4v) is 4.34. The number of hydrogen-bond donors (Lipinski definition) is 2. The third kappa shape index (κ3) is 5.38. The Balaban J connectivity index is 0.000000174. The van der Waals surface area contributed by atoms with Crippen LogP contribution in [0, 0.1) is 0 Å². The van der Waals surface area contributed by atoms with E-state index in [-0.39, 0.29) is 5.69 Å². The zero-order valence-electron chi connectivity index (χ0n) is 18.1. The second-order valence-corrected chi connectivity index (χ2v) is 8.14. The lowest BCUT2D eigenvalue weighted by atomic mass is 9.94. The van der Waals surface area contributed by atoms with Crippen LogP contribution in [-0.4, -0.2) is 63.3 Å². The van der Waals surface area contributed by atoms with Crippen LogP contribution in [0.1, 0.15) is 42.6 Å². The zero-order valence-corrected chi connectivity index (χ0v) is 18.1. The standard InChI is InChI=1S/C14H10N4O2.C10H19NO/c15-13-9-6-8(4-5-11(9)16-7-17-13)10-2-1-3-12(18-10)14(19)20;1-2-4-10(5-3-1)11-6-8-12-9-7-11/h1-7H,(H,19,20)(H2,15,16,17);10H,1-9H2. The molecule has 0 bridgehead atoms. The van der Waals surface area contributed by atoms with Crippen molar-refractivity contribution >= 4 is 22.7 Å². The van der Waals surface area contributed by atoms with Crippen molar-refractivity contribution in [2.24, 2.45) is 0 Å². The van der Waals surface area contributed by atoms with Crippen LogP contribution in [-0.2, 0) is 4.74 Å². The van der Waals surface area contributed by atoms with Crippen LogP contribution in [0.4, 0.5) is 5.82 Å². The van der Waals surface area contributed by atoms with E-state index >= 15 is 0 Å². The Kier molecular flexibility index (Phi) is 7.24. The van der Waals surface area contributed by atoms with Crippen molar-refractivity contribution < 1.29 is 14.6 Å². The maximum Gasteiger partial charge on any atom is 0.354 e. The summed E-state index contributed by atoms with van der Waals surface area (Å²) in [4.78, 5) is 25.7. The van der Waals surface area contributed by atoms with Gasteiger partial charge < -0.3 is 15.6 Å². The summed E-state index contributed by atoms with van der Waals surface area (Å²) in [6.45, 7) is 4.25. The number of aromatic nitrogens is 3. The number of morpholine rings is 1. The van der Waals surface area contributed by atoms with E-state index in [0.717, 1.165) is 30.3 Å². The summed E-state index contributed by atoms with van der Waals surface area (Å²) >= 11 is 0. The van der Waals surface area contributed by atoms with E-state index in [9.17, 15) is 4.79 Å². The fourth-order valence-electron chi connectivity index (χ4n) is 4.34. The first-order valence-corrected chi connectivity index (χ1v) is 11.1. The molecule has 2 fully saturated rings. The molecule has 2 aromatic heterocycles. The first-order chi connectivity index (χ1) is 15.6. The molecule has 32 heavy (non-hydrogen) atoms. The fraction of sp³-hybridized carbons (Fsp3) is 0.417. The van der Waals surface area contributed by atoms with E-state index in [1.54, 1.807) is 24.3 Å². The number of anilines is 1. The molecule has 8 nitrogen and oxygen atoms in total. The summed E-state index contributed by atoms with van der Waals surface area (Å²) in [5.41, 5.74) is 7.88. The molecule has 0 spiro atoms. The molecule has 1 aliphatic heterocycles. The van der Waals surface area contributed by atoms with Gasteiger partial charge in [0, 0.05) is 30.1 Å². The van der Waals surface area contributed by atoms with Gasteiger partial charge in [0.25, 0.3) is 0 Å². The topological polar surface area (TPSA) is 114 Å². The highest BCUT2D eigenvalue weighted by molar-refractivity contribution is 5.91. The second-order valence-electron chi connectivity index (χ2n) is 8.14. The van der Waals surface area contributed by atoms with E-state index < -0.39 is 5.97 Å². The van der Waals surface area contributed by atoms with Gasteiger partial charge in [-0.05, 0) is 37.1 Å². The number of benzene rings is 1. The molecule has 2 aliphatic rings. The smallest absolute Gasteiger partial charge is 0.354 e. The zero-order chi connectivity index (χ0) is 22.3. The van der Waals surface area contributed by atoms with Crippen molar-refractivity contribution in [1.29, 1.82) is 0 Å². The lowest BCUT2D eigenvalue weighted by molar-refractivity contribution is 0.00858. The average Bonchev–Trinajstić information content (AvgIpc) is 2.86. The Morgan fingerprint density at radius 3 is 2.59 bits per heavy atom. The minimum atomic E-state index is -1.06. The first kappa shape index (κ1) is 22.1. The molecular formula is C24H29N5O3. The summed E-state index contributed by atoms with van der Waals surface area (Å²) in [5, 5.41) is 9.68. The summed E-state index contributed by atoms with van der Waals surface area (Å²) < 4.78 is 5.35. The maximum atomic E-state index is 10.9. The van der Waals surface area contributed by atoms with E-state index in [0.29, 0.717) is 16.9 Å². The predicted octanol–water partition coefficient (Wildman–Crippen LogP) is 3.62. The number of carboxylic acids is 1. The molecule has 3 heterocycles. The second kappa shape index (κ2) is 10.5. The Labute approximate surface area is 187 Å². The van der Waals surface area contributed by atoms with Gasteiger partial charge in [-0.15, -0.1) is 0 Å². The number of carbonyl (C=O) groups is 1. The number of nitrogens with two attached hydrogens (primary N) is 1. The van der Waals surface area contributed by atoms with Gasteiger partial charge in [-0.3, -0.25) is 4.90 Å². The van der Waals surface area contributed by atoms with Gasteiger partial charge in [-0.1, -0.05) is 31.4 Å². The van der Waals surface area contributed by atoms with E-state index in [1.807, 2.05) is 6.07 Å². The summed E-state index contributed by atoms with van der Waals surface area (Å²) in [6.07, 6.45) is 8.62. The Morgan fingerprint density at radius 2 is 1.84 bits per heavy atom. The number of rotatable bonds is 3. The molecule has 0 unspecified atom stereocenters. The number of nitrogen functional groups attached to an aromatic ring is 1. The number of ether oxygens (including phenoxy) is 1. The van der Waals surface area contributed by atoms with Crippen LogP contribution in [0.25, 0.3) is 22.2 Å². The minimum absolute atomic E-state index is 0.000111. The molecule has 1 aliphatic carbocycles. The van der Waals surface area contributed by atoms with E-state index in [2.05, 4.69) is 19.9 Å². The summed E-state index contributed by atoms with van der Waals surface area (Å²) in [5.74, 6) is -0.679. The number of fused-ring (bicyclic) bond motifs is 1. The normalized spacial score (nSPS) is 17.5. The molecule has 0 amide bonds. The molecule has 0 atom stereocenters. The molecule has 5 rings (SSSR count). The Hall–Kier alpha value is -3.10. The van der Waals surface area contributed by atoms with Gasteiger partial charge >= 0.3 is 5.97 Å². The largest absolute Gasteiger partial charge is 0.477 e. The van der Waals surface area contributed by atoms with Gasteiger partial charge in [0.05, 0.1) is 24.4 Å². The lowest BCUT2D eigenvalue weighted by Crippen LogP contribution is -2.44. The maximum absolute atomic E-state index is 10.9. The van der Waals surface area contributed by atoms with Crippen molar-refractivity contribution in [1.82, 2.24) is 19.9 Å². The van der Waals surface area contributed by atoms with Gasteiger partial charge in [0.1, 0.15) is 17.8 Å². The van der Waals surface area contributed by atoms with Crippen LogP contribution in [0.2, 0.25) is 0 Å². The van der Waals surface area contributed by atoms with E-state index in [1.165, 1.54) is 57.6 Å². The monoisotopic (exact) mass is 435 g/mol. The highest BCUT2D eigenvalue weighted by Gasteiger charge is 2.22. The van der Waals surface area contributed by atoms with Crippen LogP contribution in [0.3, 0.4) is 0 Å². The Bertz CT molecular complexity index is 1050. The Morgan fingerprint density at radius 1 is 1.06 bits per heavy atom. The van der Waals surface area contributed by atoms with Crippen molar-refractivity contribution in [2.45, 2.75) is 38.1 Å². The van der Waals surface area contributed by atoms with E-state index in [4.69, 9.17) is 15.6 Å². The van der Waals surface area contributed by atoms with Gasteiger partial charge in [0.15, 0.2) is 0 Å². The van der Waals surface area contributed by atoms with Crippen molar-refractivity contribution in [3.63, 3.8) is 0 Å². The van der Waals surface area contributed by atoms with Gasteiger partial charge in [-0.25, -0.2) is 19.7 Å². The molecule has 0 radical (unpaired) electrons. The molecule has 3 aromatic rings. The number of pyridine rings is 1. The van der Waals surface area contributed by atoms with Crippen LogP contribution in [0.15, 0.2) is 42.7 Å². The average molecular weight is 436 g/mol. The molecule has 8 heteroatoms.